The molecule has 1 heterocycles. The van der Waals surface area contributed by atoms with E-state index in [1.807, 2.05) is 11.3 Å². The van der Waals surface area contributed by atoms with Crippen molar-refractivity contribution in [3.63, 3.8) is 0 Å². The van der Waals surface area contributed by atoms with Crippen molar-refractivity contribution in [1.29, 1.82) is 0 Å². The molecule has 0 atom stereocenters. The van der Waals surface area contributed by atoms with E-state index in [0.29, 0.717) is 0 Å². The smallest absolute Gasteiger partial charge is 0.0465 e. The lowest BCUT2D eigenvalue weighted by Crippen LogP contribution is -2.16. The van der Waals surface area contributed by atoms with Crippen LogP contribution in [0.15, 0.2) is 212 Å². The van der Waals surface area contributed by atoms with Crippen molar-refractivity contribution in [1.82, 2.24) is 0 Å². The molecule has 1 aliphatic carbocycles. The van der Waals surface area contributed by atoms with E-state index in [1.54, 1.807) is 0 Å². The first kappa shape index (κ1) is 35.7. The molecular formula is C59H41NS. The van der Waals surface area contributed by atoms with Crippen LogP contribution in [0.5, 0.6) is 0 Å². The summed E-state index contributed by atoms with van der Waals surface area (Å²) < 4.78 is 2.72. The van der Waals surface area contributed by atoms with E-state index in [2.05, 4.69) is 231 Å². The summed E-state index contributed by atoms with van der Waals surface area (Å²) in [6.45, 7) is 4.78. The highest BCUT2D eigenvalue weighted by Gasteiger charge is 2.36. The van der Waals surface area contributed by atoms with Crippen LogP contribution in [0.3, 0.4) is 0 Å². The molecule has 1 nitrogen and oxygen atoms in total. The molecule has 10 aromatic carbocycles. The quantitative estimate of drug-likeness (QED) is 0.152. The molecule has 1 aliphatic rings. The van der Waals surface area contributed by atoms with Crippen LogP contribution in [0.1, 0.15) is 25.0 Å². The Labute approximate surface area is 360 Å². The van der Waals surface area contributed by atoms with Gasteiger partial charge in [-0.3, -0.25) is 0 Å². The van der Waals surface area contributed by atoms with E-state index in [0.717, 1.165) is 17.1 Å². The fourth-order valence-electron chi connectivity index (χ4n) is 9.87. The molecule has 0 N–H and O–H groups in total. The van der Waals surface area contributed by atoms with Crippen molar-refractivity contribution in [2.24, 2.45) is 0 Å². The first-order valence-electron chi connectivity index (χ1n) is 21.2. The maximum atomic E-state index is 2.45. The summed E-state index contributed by atoms with van der Waals surface area (Å²) >= 11 is 1.91. The fraction of sp³-hybridized carbons (Fsp3) is 0.0508. The van der Waals surface area contributed by atoms with Gasteiger partial charge in [-0.2, -0.15) is 0 Å². The molecule has 288 valence electrons. The predicted octanol–water partition coefficient (Wildman–Crippen LogP) is 17.1. The van der Waals surface area contributed by atoms with Gasteiger partial charge in [0.25, 0.3) is 0 Å². The number of anilines is 3. The molecule has 1 aromatic heterocycles. The summed E-state index contributed by atoms with van der Waals surface area (Å²) in [5, 5.41) is 7.93. The minimum Gasteiger partial charge on any atom is -0.310 e. The van der Waals surface area contributed by atoms with Crippen molar-refractivity contribution in [2.75, 3.05) is 4.90 Å². The van der Waals surface area contributed by atoms with Gasteiger partial charge in [0.05, 0.1) is 0 Å². The molecule has 0 fully saturated rings. The van der Waals surface area contributed by atoms with Crippen molar-refractivity contribution in [3.8, 4) is 44.5 Å². The van der Waals surface area contributed by atoms with E-state index < -0.39 is 0 Å². The minimum absolute atomic E-state index is 0.198. The first-order chi connectivity index (χ1) is 30.0. The Morgan fingerprint density at radius 3 is 1.54 bits per heavy atom. The van der Waals surface area contributed by atoms with Crippen molar-refractivity contribution in [3.05, 3.63) is 223 Å². The lowest BCUT2D eigenvalue weighted by molar-refractivity contribution is 0.660. The van der Waals surface area contributed by atoms with Crippen molar-refractivity contribution in [2.45, 2.75) is 19.3 Å². The number of benzene rings is 10. The van der Waals surface area contributed by atoms with Gasteiger partial charge in [-0.25, -0.2) is 0 Å². The zero-order valence-electron chi connectivity index (χ0n) is 34.1. The van der Waals surface area contributed by atoms with E-state index in [1.165, 1.54) is 97.4 Å². The van der Waals surface area contributed by atoms with Gasteiger partial charge in [0.15, 0.2) is 0 Å². The van der Waals surface area contributed by atoms with Crippen LogP contribution in [0.4, 0.5) is 17.1 Å². The van der Waals surface area contributed by atoms with Crippen LogP contribution < -0.4 is 4.90 Å². The second-order valence-corrected chi connectivity index (χ2v) is 18.0. The number of fused-ring (bicyclic) bond motifs is 10. The number of nitrogens with zero attached hydrogens (tertiary/aromatic N) is 1. The Hall–Kier alpha value is -7.26. The average Bonchev–Trinajstić information content (AvgIpc) is 3.81. The highest BCUT2D eigenvalue weighted by Crippen LogP contribution is 2.52. The van der Waals surface area contributed by atoms with Gasteiger partial charge in [0, 0.05) is 48.0 Å². The van der Waals surface area contributed by atoms with Gasteiger partial charge in [-0.05, 0) is 126 Å². The molecule has 11 aromatic rings. The van der Waals surface area contributed by atoms with Crippen molar-refractivity contribution < 1.29 is 0 Å². The predicted molar refractivity (Wildman–Crippen MR) is 263 cm³/mol. The molecule has 0 amide bonds. The third kappa shape index (κ3) is 5.82. The summed E-state index contributed by atoms with van der Waals surface area (Å²) in [5.41, 5.74) is 15.9. The van der Waals surface area contributed by atoms with Crippen molar-refractivity contribution >= 4 is 70.1 Å². The molecule has 12 rings (SSSR count). The van der Waals surface area contributed by atoms with Gasteiger partial charge in [0.1, 0.15) is 0 Å². The second kappa shape index (κ2) is 13.9. The Morgan fingerprint density at radius 1 is 0.361 bits per heavy atom. The molecule has 2 heteroatoms. The fourth-order valence-corrected chi connectivity index (χ4v) is 11.1. The lowest BCUT2D eigenvalue weighted by atomic mass is 9.81. The third-order valence-electron chi connectivity index (χ3n) is 13.1. The van der Waals surface area contributed by atoms with Crippen LogP contribution in [-0.2, 0) is 5.41 Å². The maximum absolute atomic E-state index is 2.45. The Kier molecular flexibility index (Phi) is 8.13. The number of hydrogen-bond donors (Lipinski definition) is 0. The highest BCUT2D eigenvalue weighted by molar-refractivity contribution is 7.26. The minimum atomic E-state index is -0.198. The SMILES string of the molecule is CC1(C)c2cc(-c3ccc4c(ccc5ccc6c7ccccc7sc6c54)c3)ccc2-c2ccc(N(c3ccc(-c4ccccc4)cc3)c3ccc(-c4ccccc4)cc3)cc21. The summed E-state index contributed by atoms with van der Waals surface area (Å²) in [4.78, 5) is 2.40. The van der Waals surface area contributed by atoms with E-state index in [-0.39, 0.29) is 5.41 Å². The highest BCUT2D eigenvalue weighted by atomic mass is 32.1. The van der Waals surface area contributed by atoms with E-state index in [4.69, 9.17) is 0 Å². The largest absolute Gasteiger partial charge is 0.310 e. The molecule has 61 heavy (non-hydrogen) atoms. The summed E-state index contributed by atoms with van der Waals surface area (Å²) in [5.74, 6) is 0. The van der Waals surface area contributed by atoms with Crippen LogP contribution >= 0.6 is 11.3 Å². The van der Waals surface area contributed by atoms with E-state index >= 15 is 0 Å². The van der Waals surface area contributed by atoms with Gasteiger partial charge in [-0.15, -0.1) is 11.3 Å². The Morgan fingerprint density at radius 2 is 0.852 bits per heavy atom. The zero-order valence-corrected chi connectivity index (χ0v) is 34.9. The van der Waals surface area contributed by atoms with Crippen LogP contribution in [-0.4, -0.2) is 0 Å². The third-order valence-corrected chi connectivity index (χ3v) is 14.3. The van der Waals surface area contributed by atoms with Crippen LogP contribution in [0.25, 0.3) is 86.2 Å². The van der Waals surface area contributed by atoms with Crippen LogP contribution in [0.2, 0.25) is 0 Å². The Balaban J connectivity index is 0.924. The van der Waals surface area contributed by atoms with E-state index in [9.17, 15) is 0 Å². The maximum Gasteiger partial charge on any atom is 0.0465 e. The molecule has 0 saturated heterocycles. The molecule has 0 unspecified atom stereocenters. The summed E-state index contributed by atoms with van der Waals surface area (Å²) in [7, 11) is 0. The average molecular weight is 796 g/mol. The molecule has 0 aliphatic heterocycles. The number of hydrogen-bond acceptors (Lipinski definition) is 2. The normalized spacial score (nSPS) is 12.9. The number of thiophene rings is 1. The van der Waals surface area contributed by atoms with Crippen LogP contribution in [0, 0.1) is 0 Å². The summed E-state index contributed by atoms with van der Waals surface area (Å²) in [6.07, 6.45) is 0. The molecule has 0 bridgehead atoms. The van der Waals surface area contributed by atoms with Gasteiger partial charge < -0.3 is 4.90 Å². The monoisotopic (exact) mass is 795 g/mol. The second-order valence-electron chi connectivity index (χ2n) is 16.9. The topological polar surface area (TPSA) is 3.24 Å². The number of rotatable bonds is 6. The molecule has 0 radical (unpaired) electrons. The van der Waals surface area contributed by atoms with Gasteiger partial charge in [0.2, 0.25) is 0 Å². The Bertz CT molecular complexity index is 3390. The van der Waals surface area contributed by atoms with Gasteiger partial charge in [-0.1, -0.05) is 172 Å². The first-order valence-corrected chi connectivity index (χ1v) is 22.0. The standard InChI is InChI=1S/C59H41NS/c1-59(2)54-36-44(43-24-31-49-45(35-43)18-17-42-23-33-53-52-15-9-10-16-56(52)61-58(53)57(42)49)25-32-50(54)51-34-30-48(37-55(51)59)60(46-26-19-40(20-27-46)38-11-5-3-6-12-38)47-28-21-41(22-29-47)39-13-7-4-8-14-39/h3-37H,1-2H3. The van der Waals surface area contributed by atoms with Gasteiger partial charge >= 0.3 is 0 Å². The molecule has 0 spiro atoms. The molecule has 0 saturated carbocycles. The lowest BCUT2D eigenvalue weighted by Gasteiger charge is -2.28. The summed E-state index contributed by atoms with van der Waals surface area (Å²) in [6, 6.07) is 78.5. The zero-order chi connectivity index (χ0) is 40.7. The molecular weight excluding hydrogens is 755 g/mol.